The van der Waals surface area contributed by atoms with Crippen LogP contribution in [0.4, 0.5) is 5.69 Å². The lowest BCUT2D eigenvalue weighted by atomic mass is 10.2. The van der Waals surface area contributed by atoms with E-state index < -0.39 is 5.91 Å². The molecule has 1 aromatic carbocycles. The van der Waals surface area contributed by atoms with Crippen LogP contribution in [0, 0.1) is 6.92 Å². The van der Waals surface area contributed by atoms with Crippen LogP contribution in [-0.4, -0.2) is 44.5 Å². The monoisotopic (exact) mass is 344 g/mol. The minimum atomic E-state index is -0.408. The quantitative estimate of drug-likeness (QED) is 0.786. The van der Waals surface area contributed by atoms with E-state index in [0.717, 1.165) is 17.7 Å². The molecule has 0 saturated carbocycles. The maximum absolute atomic E-state index is 12.3. The zero-order valence-corrected chi connectivity index (χ0v) is 14.4. The summed E-state index contributed by atoms with van der Waals surface area (Å²) in [5.41, 5.74) is 2.52. The molecule has 0 bridgehead atoms. The van der Waals surface area contributed by atoms with Crippen LogP contribution in [0.3, 0.4) is 0 Å². The highest BCUT2D eigenvalue weighted by atomic mass is 35.5. The first kappa shape index (κ1) is 16.4. The van der Waals surface area contributed by atoms with Crippen LogP contribution >= 0.6 is 11.6 Å². The molecule has 0 unspecified atom stereocenters. The number of carbonyl (C=O) groups excluding carboxylic acids is 1. The van der Waals surface area contributed by atoms with Gasteiger partial charge in [0.1, 0.15) is 0 Å². The number of aromatic nitrogens is 4. The summed E-state index contributed by atoms with van der Waals surface area (Å²) in [4.78, 5) is 22.6. The number of benzene rings is 1. The largest absolute Gasteiger partial charge is 0.319 e. The van der Waals surface area contributed by atoms with Crippen molar-refractivity contribution in [2.45, 2.75) is 13.5 Å². The van der Waals surface area contributed by atoms with E-state index in [-0.39, 0.29) is 5.82 Å². The zero-order valence-electron chi connectivity index (χ0n) is 13.6. The first-order valence-electron chi connectivity index (χ1n) is 7.36. The predicted molar refractivity (Wildman–Crippen MR) is 92.3 cm³/mol. The third kappa shape index (κ3) is 3.52. The molecule has 124 valence electrons. The van der Waals surface area contributed by atoms with Gasteiger partial charge in [-0.1, -0.05) is 17.7 Å². The fourth-order valence-corrected chi connectivity index (χ4v) is 2.49. The van der Waals surface area contributed by atoms with Gasteiger partial charge in [0.25, 0.3) is 11.7 Å². The number of fused-ring (bicyclic) bond motifs is 1. The molecule has 8 heteroatoms. The molecule has 2 aromatic heterocycles. The van der Waals surface area contributed by atoms with Crippen LogP contribution in [0.25, 0.3) is 5.78 Å². The molecule has 0 aliphatic rings. The van der Waals surface area contributed by atoms with Crippen molar-refractivity contribution in [2.24, 2.45) is 0 Å². The van der Waals surface area contributed by atoms with E-state index in [1.54, 1.807) is 24.5 Å². The summed E-state index contributed by atoms with van der Waals surface area (Å²) in [6.45, 7) is 2.62. The molecular formula is C16H17ClN6O. The average Bonchev–Trinajstić information content (AvgIpc) is 2.93. The first-order chi connectivity index (χ1) is 11.4. The summed E-state index contributed by atoms with van der Waals surface area (Å²) in [6.07, 6.45) is 3.44. The topological polar surface area (TPSA) is 75.4 Å². The second-order valence-electron chi connectivity index (χ2n) is 5.81. The van der Waals surface area contributed by atoms with Gasteiger partial charge in [-0.15, -0.1) is 5.10 Å². The van der Waals surface area contributed by atoms with E-state index in [2.05, 4.69) is 20.4 Å². The Morgan fingerprint density at radius 2 is 2.17 bits per heavy atom. The van der Waals surface area contributed by atoms with E-state index in [9.17, 15) is 4.79 Å². The van der Waals surface area contributed by atoms with Gasteiger partial charge in [0, 0.05) is 29.6 Å². The lowest BCUT2D eigenvalue weighted by molar-refractivity contribution is 0.101. The number of nitrogens with zero attached hydrogens (tertiary/aromatic N) is 5. The number of halogens is 1. The van der Waals surface area contributed by atoms with E-state index in [1.807, 2.05) is 32.0 Å². The number of nitrogens with one attached hydrogen (secondary N) is 1. The summed E-state index contributed by atoms with van der Waals surface area (Å²) >= 11 is 6.26. The fraction of sp³-hybridized carbons (Fsp3) is 0.250. The van der Waals surface area contributed by atoms with E-state index in [1.165, 1.54) is 4.52 Å². The third-order valence-electron chi connectivity index (χ3n) is 3.32. The van der Waals surface area contributed by atoms with Crippen LogP contribution in [0.1, 0.15) is 21.7 Å². The Morgan fingerprint density at radius 1 is 1.38 bits per heavy atom. The number of anilines is 1. The molecule has 0 aliphatic carbocycles. The first-order valence-corrected chi connectivity index (χ1v) is 7.74. The highest BCUT2D eigenvalue weighted by molar-refractivity contribution is 6.31. The molecule has 7 nitrogen and oxygen atoms in total. The van der Waals surface area contributed by atoms with Gasteiger partial charge in [0.15, 0.2) is 0 Å². The Bertz CT molecular complexity index is 905. The average molecular weight is 345 g/mol. The van der Waals surface area contributed by atoms with Crippen molar-refractivity contribution in [3.63, 3.8) is 0 Å². The maximum atomic E-state index is 12.3. The summed E-state index contributed by atoms with van der Waals surface area (Å²) in [6, 6.07) is 5.41. The summed E-state index contributed by atoms with van der Waals surface area (Å²) in [5.74, 6) is 0.0290. The smallest absolute Gasteiger partial charge is 0.295 e. The second-order valence-corrected chi connectivity index (χ2v) is 6.22. The number of amides is 1. The van der Waals surface area contributed by atoms with Crippen LogP contribution < -0.4 is 5.32 Å². The fourth-order valence-electron chi connectivity index (χ4n) is 2.25. The molecule has 0 fully saturated rings. The molecule has 0 spiro atoms. The van der Waals surface area contributed by atoms with Crippen LogP contribution in [0.5, 0.6) is 0 Å². The lowest BCUT2D eigenvalue weighted by Gasteiger charge is -2.12. The molecule has 0 saturated heterocycles. The minimum absolute atomic E-state index is 0.0570. The van der Waals surface area contributed by atoms with Gasteiger partial charge in [0.2, 0.25) is 5.82 Å². The Morgan fingerprint density at radius 3 is 2.88 bits per heavy atom. The van der Waals surface area contributed by atoms with Crippen LogP contribution in [0.2, 0.25) is 5.02 Å². The van der Waals surface area contributed by atoms with Gasteiger partial charge < -0.3 is 10.2 Å². The Kier molecular flexibility index (Phi) is 4.46. The molecule has 1 amide bonds. The van der Waals surface area contributed by atoms with E-state index in [4.69, 9.17) is 11.6 Å². The van der Waals surface area contributed by atoms with Gasteiger partial charge in [-0.2, -0.15) is 4.98 Å². The van der Waals surface area contributed by atoms with Gasteiger partial charge in [-0.3, -0.25) is 4.79 Å². The highest BCUT2D eigenvalue weighted by Gasteiger charge is 2.14. The van der Waals surface area contributed by atoms with Gasteiger partial charge in [-0.25, -0.2) is 9.50 Å². The number of hydrogen-bond acceptors (Lipinski definition) is 5. The predicted octanol–water partition coefficient (Wildman–Crippen LogP) is 2.40. The maximum Gasteiger partial charge on any atom is 0.295 e. The Labute approximate surface area is 144 Å². The molecular weight excluding hydrogens is 328 g/mol. The molecule has 3 aromatic rings. The summed E-state index contributed by atoms with van der Waals surface area (Å²) < 4.78 is 1.48. The zero-order chi connectivity index (χ0) is 17.3. The van der Waals surface area contributed by atoms with Crippen LogP contribution in [-0.2, 0) is 6.54 Å². The molecule has 0 radical (unpaired) electrons. The van der Waals surface area contributed by atoms with Gasteiger partial charge in [0.05, 0.1) is 0 Å². The van der Waals surface area contributed by atoms with E-state index in [0.29, 0.717) is 16.5 Å². The van der Waals surface area contributed by atoms with Crippen molar-refractivity contribution in [1.29, 1.82) is 0 Å². The number of aryl methyl sites for hydroxylation is 1. The highest BCUT2D eigenvalue weighted by Crippen LogP contribution is 2.22. The van der Waals surface area contributed by atoms with Crippen molar-refractivity contribution in [2.75, 3.05) is 19.4 Å². The summed E-state index contributed by atoms with van der Waals surface area (Å²) in [7, 11) is 3.94. The number of carbonyl (C=O) groups is 1. The standard InChI is InChI=1S/C16H17ClN6O/c1-10-7-18-16-20-14(21-23(16)8-10)15(24)19-12-5-4-11(9-22(2)3)13(17)6-12/h4-8H,9H2,1-3H3,(H,19,24). The second kappa shape index (κ2) is 6.54. The number of rotatable bonds is 4. The minimum Gasteiger partial charge on any atom is -0.319 e. The molecule has 24 heavy (non-hydrogen) atoms. The molecule has 0 atom stereocenters. The van der Waals surface area contributed by atoms with Crippen molar-refractivity contribution in [3.8, 4) is 0 Å². The molecule has 0 aliphatic heterocycles. The lowest BCUT2D eigenvalue weighted by Crippen LogP contribution is -2.14. The Hall–Kier alpha value is -2.51. The molecule has 1 N–H and O–H groups in total. The van der Waals surface area contributed by atoms with Crippen molar-refractivity contribution >= 4 is 29.0 Å². The summed E-state index contributed by atoms with van der Waals surface area (Å²) in [5, 5.41) is 7.49. The Balaban J connectivity index is 1.79. The van der Waals surface area contributed by atoms with Gasteiger partial charge in [-0.05, 0) is 44.3 Å². The SMILES string of the molecule is Cc1cnc2nc(C(=O)Nc3ccc(CN(C)C)c(Cl)c3)nn2c1. The number of hydrogen-bond donors (Lipinski definition) is 1. The van der Waals surface area contributed by atoms with Crippen LogP contribution in [0.15, 0.2) is 30.6 Å². The van der Waals surface area contributed by atoms with Crippen molar-refractivity contribution < 1.29 is 4.79 Å². The van der Waals surface area contributed by atoms with Crippen molar-refractivity contribution in [1.82, 2.24) is 24.5 Å². The molecule has 2 heterocycles. The third-order valence-corrected chi connectivity index (χ3v) is 3.68. The van der Waals surface area contributed by atoms with Gasteiger partial charge >= 0.3 is 0 Å². The van der Waals surface area contributed by atoms with Crippen molar-refractivity contribution in [3.05, 3.63) is 52.6 Å². The normalized spacial score (nSPS) is 11.2. The molecule has 3 rings (SSSR count). The van der Waals surface area contributed by atoms with E-state index >= 15 is 0 Å².